The van der Waals surface area contributed by atoms with Crippen molar-refractivity contribution in [3.63, 3.8) is 0 Å². The second kappa shape index (κ2) is 8.62. The lowest BCUT2D eigenvalue weighted by atomic mass is 9.94. The molecular formula is C16H22N2O2S. The van der Waals surface area contributed by atoms with Crippen molar-refractivity contribution < 1.29 is 9.21 Å². The van der Waals surface area contributed by atoms with Gasteiger partial charge in [-0.3, -0.25) is 4.79 Å². The third kappa shape index (κ3) is 5.34. The van der Waals surface area contributed by atoms with E-state index >= 15 is 0 Å². The smallest absolute Gasteiger partial charge is 0.226 e. The highest BCUT2D eigenvalue weighted by Gasteiger charge is 2.18. The van der Waals surface area contributed by atoms with Gasteiger partial charge < -0.3 is 9.73 Å². The number of nitrogens with zero attached hydrogens (tertiary/aromatic N) is 1. The Kier molecular flexibility index (Phi) is 6.47. The first-order valence-electron chi connectivity index (χ1n) is 7.52. The number of unbranched alkanes of at least 4 members (excludes halogenated alkanes) is 3. The molecule has 114 valence electrons. The molecular weight excluding hydrogens is 284 g/mol. The number of anilines is 1. The van der Waals surface area contributed by atoms with Crippen molar-refractivity contribution >= 4 is 22.4 Å². The number of nitrogens with one attached hydrogen (secondary N) is 1. The number of carbonyl (C=O) groups is 1. The standard InChI is InChI=1S/C16H22N2O2S/c1-2-3-4-5-7-13(14-8-6-10-20-14)12-15(19)18-16-17-9-11-21-16/h6,8-11,13H,2-5,7,12H2,1H3,(H,17,18,19). The molecule has 2 rings (SSSR count). The topological polar surface area (TPSA) is 55.1 Å². The van der Waals surface area contributed by atoms with Crippen LogP contribution in [-0.4, -0.2) is 10.9 Å². The Hall–Kier alpha value is -1.62. The summed E-state index contributed by atoms with van der Waals surface area (Å²) in [6.45, 7) is 2.20. The summed E-state index contributed by atoms with van der Waals surface area (Å²) in [5, 5.41) is 5.35. The van der Waals surface area contributed by atoms with Crippen LogP contribution in [0, 0.1) is 0 Å². The zero-order valence-corrected chi connectivity index (χ0v) is 13.2. The maximum Gasteiger partial charge on any atom is 0.226 e. The predicted octanol–water partition coefficient (Wildman–Crippen LogP) is 4.82. The third-order valence-electron chi connectivity index (χ3n) is 3.46. The van der Waals surface area contributed by atoms with E-state index in [1.54, 1.807) is 12.5 Å². The number of hydrogen-bond acceptors (Lipinski definition) is 4. The van der Waals surface area contributed by atoms with Crippen LogP contribution in [-0.2, 0) is 4.79 Å². The van der Waals surface area contributed by atoms with E-state index in [1.807, 2.05) is 17.5 Å². The molecule has 0 aliphatic heterocycles. The molecule has 1 unspecified atom stereocenters. The molecule has 0 bridgehead atoms. The second-order valence-corrected chi connectivity index (χ2v) is 6.05. The molecule has 4 nitrogen and oxygen atoms in total. The molecule has 0 saturated carbocycles. The van der Waals surface area contributed by atoms with E-state index in [1.165, 1.54) is 30.6 Å². The number of carbonyl (C=O) groups excluding carboxylic acids is 1. The molecule has 0 fully saturated rings. The Morgan fingerprint density at radius 1 is 1.43 bits per heavy atom. The second-order valence-electron chi connectivity index (χ2n) is 5.15. The molecule has 2 aromatic heterocycles. The fraction of sp³-hybridized carbons (Fsp3) is 0.500. The summed E-state index contributed by atoms with van der Waals surface area (Å²) in [6.07, 6.45) is 9.60. The Labute approximate surface area is 129 Å². The van der Waals surface area contributed by atoms with Crippen molar-refractivity contribution in [2.75, 3.05) is 5.32 Å². The molecule has 1 N–H and O–H groups in total. The van der Waals surface area contributed by atoms with Crippen molar-refractivity contribution in [2.45, 2.75) is 51.4 Å². The molecule has 21 heavy (non-hydrogen) atoms. The Bertz CT molecular complexity index is 508. The number of furan rings is 1. The predicted molar refractivity (Wildman–Crippen MR) is 85.6 cm³/mol. The number of rotatable bonds is 9. The minimum atomic E-state index is 0.00171. The van der Waals surface area contributed by atoms with Crippen LogP contribution in [0.1, 0.15) is 57.1 Å². The van der Waals surface area contributed by atoms with E-state index in [2.05, 4.69) is 17.2 Å². The van der Waals surface area contributed by atoms with Crippen LogP contribution in [0.25, 0.3) is 0 Å². The van der Waals surface area contributed by atoms with Crippen LogP contribution in [0.5, 0.6) is 0 Å². The fourth-order valence-electron chi connectivity index (χ4n) is 2.37. The highest BCUT2D eigenvalue weighted by molar-refractivity contribution is 7.13. The number of aromatic nitrogens is 1. The van der Waals surface area contributed by atoms with Crippen LogP contribution < -0.4 is 5.32 Å². The van der Waals surface area contributed by atoms with Gasteiger partial charge in [-0.15, -0.1) is 11.3 Å². The number of hydrogen-bond donors (Lipinski definition) is 1. The highest BCUT2D eigenvalue weighted by Crippen LogP contribution is 2.27. The van der Waals surface area contributed by atoms with Gasteiger partial charge in [-0.2, -0.15) is 0 Å². The Morgan fingerprint density at radius 2 is 2.33 bits per heavy atom. The van der Waals surface area contributed by atoms with Crippen LogP contribution >= 0.6 is 11.3 Å². The molecule has 0 spiro atoms. The van der Waals surface area contributed by atoms with E-state index in [0.29, 0.717) is 11.6 Å². The minimum absolute atomic E-state index is 0.00171. The normalized spacial score (nSPS) is 12.2. The van der Waals surface area contributed by atoms with Gasteiger partial charge in [-0.1, -0.05) is 32.6 Å². The van der Waals surface area contributed by atoms with Gasteiger partial charge in [0, 0.05) is 23.9 Å². The molecule has 0 aromatic carbocycles. The first-order chi connectivity index (χ1) is 10.3. The van der Waals surface area contributed by atoms with Gasteiger partial charge in [0.15, 0.2) is 5.13 Å². The van der Waals surface area contributed by atoms with Crippen molar-refractivity contribution in [1.29, 1.82) is 0 Å². The summed E-state index contributed by atoms with van der Waals surface area (Å²) < 4.78 is 5.50. The van der Waals surface area contributed by atoms with Crippen molar-refractivity contribution in [1.82, 2.24) is 4.98 Å². The molecule has 2 heterocycles. The zero-order valence-electron chi connectivity index (χ0n) is 12.4. The summed E-state index contributed by atoms with van der Waals surface area (Å²) in [5.41, 5.74) is 0. The summed E-state index contributed by atoms with van der Waals surface area (Å²) in [5.74, 6) is 1.06. The van der Waals surface area contributed by atoms with E-state index in [4.69, 9.17) is 4.42 Å². The van der Waals surface area contributed by atoms with Crippen LogP contribution in [0.3, 0.4) is 0 Å². The molecule has 5 heteroatoms. The lowest BCUT2D eigenvalue weighted by molar-refractivity contribution is -0.116. The minimum Gasteiger partial charge on any atom is -0.469 e. The largest absolute Gasteiger partial charge is 0.469 e. The zero-order chi connectivity index (χ0) is 14.9. The molecule has 0 saturated heterocycles. The van der Waals surface area contributed by atoms with E-state index in [0.717, 1.165) is 18.6 Å². The van der Waals surface area contributed by atoms with Gasteiger partial charge in [-0.25, -0.2) is 4.98 Å². The quantitative estimate of drug-likeness (QED) is 0.676. The van der Waals surface area contributed by atoms with Crippen LogP contribution in [0.2, 0.25) is 0 Å². The van der Waals surface area contributed by atoms with Gasteiger partial charge in [0.25, 0.3) is 0 Å². The van der Waals surface area contributed by atoms with E-state index in [9.17, 15) is 4.79 Å². The molecule has 1 amide bonds. The van der Waals surface area contributed by atoms with Crippen molar-refractivity contribution in [2.24, 2.45) is 0 Å². The molecule has 0 aliphatic carbocycles. The van der Waals surface area contributed by atoms with Crippen molar-refractivity contribution in [3.8, 4) is 0 Å². The Morgan fingerprint density at radius 3 is 3.00 bits per heavy atom. The average Bonchev–Trinajstić information content (AvgIpc) is 3.15. The maximum atomic E-state index is 12.1. The average molecular weight is 306 g/mol. The first-order valence-corrected chi connectivity index (χ1v) is 8.40. The molecule has 0 aliphatic rings. The summed E-state index contributed by atoms with van der Waals surface area (Å²) in [7, 11) is 0. The van der Waals surface area contributed by atoms with Gasteiger partial charge in [-0.05, 0) is 18.6 Å². The number of thiazole rings is 1. The summed E-state index contributed by atoms with van der Waals surface area (Å²) >= 11 is 1.43. The first kappa shape index (κ1) is 15.8. The molecule has 0 radical (unpaired) electrons. The van der Waals surface area contributed by atoms with Gasteiger partial charge in [0.2, 0.25) is 5.91 Å². The van der Waals surface area contributed by atoms with Gasteiger partial charge in [0.05, 0.1) is 6.26 Å². The maximum absolute atomic E-state index is 12.1. The molecule has 2 aromatic rings. The van der Waals surface area contributed by atoms with E-state index in [-0.39, 0.29) is 11.8 Å². The summed E-state index contributed by atoms with van der Waals surface area (Å²) in [4.78, 5) is 16.2. The lowest BCUT2D eigenvalue weighted by Gasteiger charge is -2.13. The van der Waals surface area contributed by atoms with Gasteiger partial charge >= 0.3 is 0 Å². The van der Waals surface area contributed by atoms with Crippen LogP contribution in [0.4, 0.5) is 5.13 Å². The SMILES string of the molecule is CCCCCCC(CC(=O)Nc1nccs1)c1ccco1. The summed E-state index contributed by atoms with van der Waals surface area (Å²) in [6, 6.07) is 3.84. The number of amides is 1. The highest BCUT2D eigenvalue weighted by atomic mass is 32.1. The van der Waals surface area contributed by atoms with E-state index < -0.39 is 0 Å². The Balaban J connectivity index is 1.87. The fourth-order valence-corrected chi connectivity index (χ4v) is 2.91. The van der Waals surface area contributed by atoms with Gasteiger partial charge in [0.1, 0.15) is 5.76 Å². The van der Waals surface area contributed by atoms with Crippen LogP contribution in [0.15, 0.2) is 34.4 Å². The lowest BCUT2D eigenvalue weighted by Crippen LogP contribution is -2.15. The molecule has 1 atom stereocenters. The van der Waals surface area contributed by atoms with Crippen molar-refractivity contribution in [3.05, 3.63) is 35.7 Å². The third-order valence-corrected chi connectivity index (χ3v) is 4.15. The monoisotopic (exact) mass is 306 g/mol.